The van der Waals surface area contributed by atoms with E-state index in [0.717, 1.165) is 16.6 Å². The second-order valence-electron chi connectivity index (χ2n) is 7.26. The second kappa shape index (κ2) is 7.97. The van der Waals surface area contributed by atoms with Gasteiger partial charge >= 0.3 is 6.92 Å². The third-order valence-corrected chi connectivity index (χ3v) is 5.47. The molecule has 1 saturated heterocycles. The van der Waals surface area contributed by atoms with Gasteiger partial charge in [0.05, 0.1) is 16.6 Å². The predicted octanol–water partition coefficient (Wildman–Crippen LogP) is 5.05. The Labute approximate surface area is 168 Å². The van der Waals surface area contributed by atoms with Gasteiger partial charge in [-0.3, -0.25) is 10.1 Å². The van der Waals surface area contributed by atoms with Crippen LogP contribution in [0.1, 0.15) is 28.7 Å². The van der Waals surface area contributed by atoms with Crippen LogP contribution in [0.3, 0.4) is 0 Å². The number of aryl methyl sites for hydroxylation is 1. The first-order valence-corrected chi connectivity index (χ1v) is 9.46. The third-order valence-electron chi connectivity index (χ3n) is 5.47. The summed E-state index contributed by atoms with van der Waals surface area (Å²) in [6, 6.07) is 21.8. The molecule has 6 nitrogen and oxygen atoms in total. The summed E-state index contributed by atoms with van der Waals surface area (Å²) < 4.78 is 6.38. The van der Waals surface area contributed by atoms with E-state index >= 15 is 0 Å². The quantitative estimate of drug-likeness (QED) is 0.266. The summed E-state index contributed by atoms with van der Waals surface area (Å²) in [6.45, 7) is 1.79. The monoisotopic (exact) mass is 386 g/mol. The summed E-state index contributed by atoms with van der Waals surface area (Å²) in [7, 11) is 0. The summed E-state index contributed by atoms with van der Waals surface area (Å²) >= 11 is 0. The minimum Gasteiger partial charge on any atom is -0.423 e. The topological polar surface area (TPSA) is 81.8 Å². The standard InChI is InChI=1S/C22H19BN2O4/c1-15-10-12-16(13-11-15)23-14-19(17-6-2-4-8-20(17)24-26)22(29-23)18-7-3-5-9-21(18)25(27)28/h2-13,19,22H,14H2,1H3. The number of rotatable bonds is 5. The molecular formula is C22H19BN2O4. The van der Waals surface area contributed by atoms with Gasteiger partial charge in [-0.25, -0.2) is 0 Å². The average molecular weight is 386 g/mol. The van der Waals surface area contributed by atoms with Crippen LogP contribution in [0.5, 0.6) is 0 Å². The summed E-state index contributed by atoms with van der Waals surface area (Å²) in [5.41, 5.74) is 3.78. The Hall–Kier alpha value is -3.32. The van der Waals surface area contributed by atoms with Gasteiger partial charge in [0, 0.05) is 12.0 Å². The first kappa shape index (κ1) is 19.0. The highest BCUT2D eigenvalue weighted by molar-refractivity contribution is 6.68. The number of hydrogen-bond acceptors (Lipinski definition) is 5. The Morgan fingerprint density at radius 2 is 1.66 bits per heavy atom. The molecule has 7 heteroatoms. The lowest BCUT2D eigenvalue weighted by molar-refractivity contribution is -0.386. The van der Waals surface area contributed by atoms with Crippen molar-refractivity contribution in [3.05, 3.63) is 105 Å². The Morgan fingerprint density at radius 3 is 2.34 bits per heavy atom. The van der Waals surface area contributed by atoms with Crippen LogP contribution in [0.15, 0.2) is 78.0 Å². The summed E-state index contributed by atoms with van der Waals surface area (Å²) in [5.74, 6) is -0.226. The van der Waals surface area contributed by atoms with Crippen LogP contribution in [0, 0.1) is 21.9 Å². The Balaban J connectivity index is 1.80. The van der Waals surface area contributed by atoms with E-state index in [1.807, 2.05) is 43.3 Å². The van der Waals surface area contributed by atoms with Crippen molar-refractivity contribution in [2.24, 2.45) is 5.18 Å². The van der Waals surface area contributed by atoms with E-state index in [4.69, 9.17) is 4.65 Å². The molecule has 1 heterocycles. The van der Waals surface area contributed by atoms with E-state index < -0.39 is 11.0 Å². The van der Waals surface area contributed by atoms with Crippen molar-refractivity contribution in [3.8, 4) is 0 Å². The molecule has 2 atom stereocenters. The lowest BCUT2D eigenvalue weighted by atomic mass is 9.57. The van der Waals surface area contributed by atoms with Crippen molar-refractivity contribution in [3.63, 3.8) is 0 Å². The molecule has 0 aliphatic carbocycles. The maximum Gasteiger partial charge on any atom is 0.328 e. The average Bonchev–Trinajstić information content (AvgIpc) is 3.19. The number of nitro groups is 1. The molecule has 0 N–H and O–H groups in total. The normalized spacial score (nSPS) is 18.6. The van der Waals surface area contributed by atoms with E-state index in [1.54, 1.807) is 30.3 Å². The second-order valence-corrected chi connectivity index (χ2v) is 7.26. The molecule has 0 saturated carbocycles. The van der Waals surface area contributed by atoms with Crippen molar-refractivity contribution in [1.82, 2.24) is 0 Å². The van der Waals surface area contributed by atoms with Gasteiger partial charge in [-0.2, -0.15) is 0 Å². The zero-order valence-electron chi connectivity index (χ0n) is 15.9. The number of nitroso groups, excluding NO2 is 1. The van der Waals surface area contributed by atoms with Gasteiger partial charge in [-0.15, -0.1) is 4.91 Å². The van der Waals surface area contributed by atoms with Crippen LogP contribution in [0.2, 0.25) is 6.32 Å². The largest absolute Gasteiger partial charge is 0.423 e. The molecule has 2 unspecified atom stereocenters. The van der Waals surface area contributed by atoms with Crippen molar-refractivity contribution in [2.45, 2.75) is 25.3 Å². The van der Waals surface area contributed by atoms with Crippen LogP contribution in [0.4, 0.5) is 11.4 Å². The van der Waals surface area contributed by atoms with Crippen LogP contribution in [-0.4, -0.2) is 11.8 Å². The van der Waals surface area contributed by atoms with Gasteiger partial charge in [0.2, 0.25) is 0 Å². The SMILES string of the molecule is Cc1ccc(B2CC(c3ccccc3N=O)C(c3ccccc3[N+](=O)[O-])O2)cc1. The minimum atomic E-state index is -0.550. The molecular weight excluding hydrogens is 367 g/mol. The van der Waals surface area contributed by atoms with Crippen molar-refractivity contribution in [1.29, 1.82) is 0 Å². The van der Waals surface area contributed by atoms with Crippen molar-refractivity contribution >= 4 is 23.8 Å². The molecule has 4 rings (SSSR count). The number of nitrogens with zero attached hydrogens (tertiary/aromatic N) is 2. The van der Waals surface area contributed by atoms with Crippen LogP contribution < -0.4 is 5.46 Å². The molecule has 3 aromatic carbocycles. The van der Waals surface area contributed by atoms with Gasteiger partial charge in [-0.05, 0) is 41.6 Å². The molecule has 0 bridgehead atoms. The van der Waals surface area contributed by atoms with Gasteiger partial charge in [0.25, 0.3) is 5.69 Å². The Bertz CT molecular complexity index is 1050. The number of nitro benzene ring substituents is 1. The van der Waals surface area contributed by atoms with E-state index in [2.05, 4.69) is 5.18 Å². The number of hydrogen-bond donors (Lipinski definition) is 0. The smallest absolute Gasteiger partial charge is 0.328 e. The van der Waals surface area contributed by atoms with E-state index in [9.17, 15) is 15.0 Å². The first-order chi connectivity index (χ1) is 14.1. The maximum absolute atomic E-state index is 11.6. The van der Waals surface area contributed by atoms with Crippen LogP contribution in [0.25, 0.3) is 0 Å². The molecule has 1 aliphatic rings. The molecule has 29 heavy (non-hydrogen) atoms. The highest BCUT2D eigenvalue weighted by Gasteiger charge is 2.43. The third kappa shape index (κ3) is 3.69. The van der Waals surface area contributed by atoms with Gasteiger partial charge in [0.15, 0.2) is 0 Å². The van der Waals surface area contributed by atoms with E-state index in [1.165, 1.54) is 6.07 Å². The van der Waals surface area contributed by atoms with Crippen LogP contribution >= 0.6 is 0 Å². The molecule has 0 radical (unpaired) electrons. The van der Waals surface area contributed by atoms with Gasteiger partial charge in [-0.1, -0.05) is 60.2 Å². The summed E-state index contributed by atoms with van der Waals surface area (Å²) in [5, 5.41) is 14.8. The summed E-state index contributed by atoms with van der Waals surface area (Å²) in [6.07, 6.45) is 0.0533. The highest BCUT2D eigenvalue weighted by atomic mass is 16.6. The zero-order chi connectivity index (χ0) is 20.4. The molecule has 3 aromatic rings. The van der Waals surface area contributed by atoms with Gasteiger partial charge in [0.1, 0.15) is 5.69 Å². The van der Waals surface area contributed by atoms with Gasteiger partial charge < -0.3 is 4.65 Å². The minimum absolute atomic E-state index is 0.0172. The molecule has 0 spiro atoms. The van der Waals surface area contributed by atoms with Crippen molar-refractivity contribution < 1.29 is 9.58 Å². The Kier molecular flexibility index (Phi) is 5.23. The fourth-order valence-corrected chi connectivity index (χ4v) is 4.04. The Morgan fingerprint density at radius 1 is 1.00 bits per heavy atom. The molecule has 0 aromatic heterocycles. The number of benzene rings is 3. The summed E-state index contributed by atoms with van der Waals surface area (Å²) in [4.78, 5) is 22.6. The lowest BCUT2D eigenvalue weighted by Crippen LogP contribution is -2.29. The molecule has 1 fully saturated rings. The highest BCUT2D eigenvalue weighted by Crippen LogP contribution is 2.48. The number of para-hydroxylation sites is 1. The maximum atomic E-state index is 11.6. The zero-order valence-corrected chi connectivity index (χ0v) is 15.9. The lowest BCUT2D eigenvalue weighted by Gasteiger charge is -2.21. The first-order valence-electron chi connectivity index (χ1n) is 9.46. The fourth-order valence-electron chi connectivity index (χ4n) is 4.04. The van der Waals surface area contributed by atoms with E-state index in [0.29, 0.717) is 17.6 Å². The molecule has 0 amide bonds. The molecule has 144 valence electrons. The van der Waals surface area contributed by atoms with Crippen LogP contribution in [-0.2, 0) is 4.65 Å². The molecule has 1 aliphatic heterocycles. The fraction of sp³-hybridized carbons (Fsp3) is 0.182. The van der Waals surface area contributed by atoms with E-state index in [-0.39, 0.29) is 18.5 Å². The van der Waals surface area contributed by atoms with Crippen molar-refractivity contribution in [2.75, 3.05) is 0 Å². The predicted molar refractivity (Wildman–Crippen MR) is 113 cm³/mol.